The first kappa shape index (κ1) is 52.8. The Morgan fingerprint density at radius 1 is 0.961 bits per heavy atom. The molecule has 4 aromatic heterocycles. The van der Waals surface area contributed by atoms with Gasteiger partial charge in [-0.15, -0.1) is 11.3 Å². The number of likely N-dealkylation sites (N-methyl/N-ethyl adjacent to an activating group) is 1. The third-order valence-electron chi connectivity index (χ3n) is 13.2. The Labute approximate surface area is 443 Å². The molecule has 9 rings (SSSR count). The van der Waals surface area contributed by atoms with Gasteiger partial charge in [0.05, 0.1) is 54.4 Å². The molecule has 0 bridgehead atoms. The summed E-state index contributed by atoms with van der Waals surface area (Å²) in [4.78, 5) is 82.3. The molecule has 2 aliphatic rings. The first-order valence-electron chi connectivity index (χ1n) is 25.0. The zero-order valence-corrected chi connectivity index (χ0v) is 43.5. The van der Waals surface area contributed by atoms with Crippen molar-refractivity contribution in [1.29, 1.82) is 0 Å². The number of aliphatic hydroxyl groups excluding tert-OH is 1. The van der Waals surface area contributed by atoms with Crippen LogP contribution in [0.2, 0.25) is 0 Å². The predicted molar refractivity (Wildman–Crippen MR) is 287 cm³/mol. The van der Waals surface area contributed by atoms with Gasteiger partial charge in [0.1, 0.15) is 48.3 Å². The Balaban J connectivity index is 0.702. The molecule has 0 radical (unpaired) electrons. The molecule has 21 nitrogen and oxygen atoms in total. The van der Waals surface area contributed by atoms with E-state index in [1.807, 2.05) is 104 Å². The number of ether oxygens (including phenoxy) is 3. The number of rotatable bonds is 23. The Kier molecular flexibility index (Phi) is 16.7. The lowest BCUT2D eigenvalue weighted by Gasteiger charge is -2.35. The maximum absolute atomic E-state index is 14.3. The number of fused-ring (bicyclic) bond motifs is 2. The molecule has 1 saturated heterocycles. The number of nitrogens with two attached hydrogens (primary N) is 1. The van der Waals surface area contributed by atoms with Crippen LogP contribution in [0.5, 0.6) is 5.75 Å². The molecule has 76 heavy (non-hydrogen) atoms. The second kappa shape index (κ2) is 24.1. The zero-order chi connectivity index (χ0) is 53.3. The van der Waals surface area contributed by atoms with E-state index >= 15 is 0 Å². The summed E-state index contributed by atoms with van der Waals surface area (Å²) in [6.45, 7) is 7.75. The van der Waals surface area contributed by atoms with Gasteiger partial charge in [-0.05, 0) is 60.4 Å². The molecular formula is C54H61N13O8S. The number of aliphatic hydroxyl groups is 1. The summed E-state index contributed by atoms with van der Waals surface area (Å²) in [5, 5.41) is 20.0. The smallest absolute Gasteiger partial charge is 0.255 e. The van der Waals surface area contributed by atoms with Crippen LogP contribution in [0.25, 0.3) is 27.5 Å². The molecule has 22 heteroatoms. The number of imidazole rings is 1. The van der Waals surface area contributed by atoms with Crippen molar-refractivity contribution in [3.05, 3.63) is 126 Å². The lowest BCUT2D eigenvalue weighted by Crippen LogP contribution is -2.55. The number of nitrogens with zero attached hydrogens (tertiary/aromatic N) is 9. The maximum atomic E-state index is 14.3. The number of anilines is 4. The van der Waals surface area contributed by atoms with Crippen molar-refractivity contribution >= 4 is 63.6 Å². The van der Waals surface area contributed by atoms with E-state index in [1.165, 1.54) is 22.4 Å². The monoisotopic (exact) mass is 1050 g/mol. The largest absolute Gasteiger partial charge is 0.491 e. The highest BCUT2D eigenvalue weighted by molar-refractivity contribution is 7.13. The molecule has 2 aliphatic heterocycles. The van der Waals surface area contributed by atoms with Gasteiger partial charge in [0.15, 0.2) is 11.5 Å². The molecule has 0 unspecified atom stereocenters. The van der Waals surface area contributed by atoms with Gasteiger partial charge in [-0.1, -0.05) is 44.2 Å². The summed E-state index contributed by atoms with van der Waals surface area (Å²) < 4.78 is 19.5. The third-order valence-corrected chi connectivity index (χ3v) is 14.2. The number of hydrogen-bond donors (Lipinski definition) is 5. The van der Waals surface area contributed by atoms with Crippen LogP contribution in [0.3, 0.4) is 0 Å². The number of nitrogens with one attached hydrogen (secondary N) is 3. The van der Waals surface area contributed by atoms with E-state index in [0.717, 1.165) is 33.1 Å². The first-order valence-corrected chi connectivity index (χ1v) is 25.9. The number of aryl methyl sites for hydroxylation is 1. The van der Waals surface area contributed by atoms with Crippen LogP contribution >= 0.6 is 11.3 Å². The molecule has 0 aliphatic carbocycles. The van der Waals surface area contributed by atoms with E-state index < -0.39 is 24.1 Å². The molecule has 4 amide bonds. The topological polar surface area (TPSA) is 257 Å². The van der Waals surface area contributed by atoms with Gasteiger partial charge in [-0.25, -0.2) is 19.9 Å². The van der Waals surface area contributed by atoms with Crippen molar-refractivity contribution in [2.75, 3.05) is 75.7 Å². The van der Waals surface area contributed by atoms with E-state index in [1.54, 1.807) is 34.9 Å². The van der Waals surface area contributed by atoms with E-state index in [-0.39, 0.29) is 76.2 Å². The summed E-state index contributed by atoms with van der Waals surface area (Å²) in [5.74, 6) is -0.122. The van der Waals surface area contributed by atoms with Crippen molar-refractivity contribution in [2.24, 2.45) is 5.92 Å². The highest BCUT2D eigenvalue weighted by atomic mass is 32.1. The second-order valence-electron chi connectivity index (χ2n) is 18.9. The fraction of sp³-hybridized carbons (Fsp3) is 0.352. The average molecular weight is 1050 g/mol. The third kappa shape index (κ3) is 12.4. The Hall–Kier alpha value is -8.05. The first-order chi connectivity index (χ1) is 36.8. The van der Waals surface area contributed by atoms with Crippen LogP contribution in [0.15, 0.2) is 103 Å². The molecule has 6 heterocycles. The van der Waals surface area contributed by atoms with Gasteiger partial charge in [0.25, 0.3) is 5.91 Å². The molecule has 7 aromatic rings. The Morgan fingerprint density at radius 3 is 2.54 bits per heavy atom. The minimum absolute atomic E-state index is 0.0166. The molecule has 6 N–H and O–H groups in total. The zero-order valence-electron chi connectivity index (χ0n) is 42.7. The van der Waals surface area contributed by atoms with Gasteiger partial charge < -0.3 is 60.1 Å². The van der Waals surface area contributed by atoms with Crippen LogP contribution < -0.4 is 31.3 Å². The van der Waals surface area contributed by atoms with Gasteiger partial charge in [-0.3, -0.25) is 24.2 Å². The Morgan fingerprint density at radius 2 is 1.76 bits per heavy atom. The maximum Gasteiger partial charge on any atom is 0.255 e. The number of hydrogen-bond acceptors (Lipinski definition) is 17. The SMILES string of the molecule is Cc1ncsc1-c1ccc(CNC(=O)[C@@H]2C[C@@H](O)CN2C(=O)[C@H](C(C)C)N2Cc3ccccc3C2=O)c(OCCOCCOCC(=O)NCCN(C)c2ccc(Nc3nc(-c4cncc(N)n4)cn4ccnc34)cc2)c1. The number of β-amino-alcohol motifs (C(OH)–C–C–N with tert-alkyl or cyclic N) is 1. The van der Waals surface area contributed by atoms with E-state index in [2.05, 4.69) is 35.9 Å². The average Bonchev–Trinajstić information content (AvgIpc) is 4.24. The fourth-order valence-electron chi connectivity index (χ4n) is 9.33. The lowest BCUT2D eigenvalue weighted by molar-refractivity contribution is -0.143. The Bertz CT molecular complexity index is 3190. The second-order valence-corrected chi connectivity index (χ2v) is 19.8. The van der Waals surface area contributed by atoms with Crippen molar-refractivity contribution in [3.63, 3.8) is 0 Å². The molecule has 0 spiro atoms. The van der Waals surface area contributed by atoms with E-state index in [0.29, 0.717) is 65.2 Å². The number of carbonyl (C=O) groups is 4. The van der Waals surface area contributed by atoms with Gasteiger partial charge >= 0.3 is 0 Å². The quantitative estimate of drug-likeness (QED) is 0.0536. The van der Waals surface area contributed by atoms with Crippen LogP contribution in [-0.2, 0) is 36.9 Å². The number of amides is 4. The summed E-state index contributed by atoms with van der Waals surface area (Å²) in [6, 6.07) is 19.1. The molecule has 3 atom stereocenters. The van der Waals surface area contributed by atoms with Crippen LogP contribution in [0, 0.1) is 12.8 Å². The molecule has 3 aromatic carbocycles. The molecule has 1 fully saturated rings. The number of aromatic nitrogens is 6. The molecule has 0 saturated carbocycles. The van der Waals surface area contributed by atoms with Crippen LogP contribution in [-0.4, -0.2) is 146 Å². The summed E-state index contributed by atoms with van der Waals surface area (Å²) >= 11 is 1.51. The van der Waals surface area contributed by atoms with Gasteiger partial charge in [-0.2, -0.15) is 0 Å². The molecule has 396 valence electrons. The normalized spacial score (nSPS) is 15.5. The van der Waals surface area contributed by atoms with Crippen LogP contribution in [0.4, 0.5) is 23.0 Å². The number of thiazole rings is 1. The van der Waals surface area contributed by atoms with Gasteiger partial charge in [0, 0.05) is 87.3 Å². The number of carbonyl (C=O) groups excluding carboxylic acids is 4. The van der Waals surface area contributed by atoms with Crippen molar-refractivity contribution in [2.45, 2.75) is 58.5 Å². The lowest BCUT2D eigenvalue weighted by atomic mass is 10.0. The number of nitrogen functional groups attached to an aromatic ring is 1. The molecular weight excluding hydrogens is 991 g/mol. The van der Waals surface area contributed by atoms with Crippen molar-refractivity contribution < 1.29 is 38.5 Å². The fourth-order valence-corrected chi connectivity index (χ4v) is 10.1. The van der Waals surface area contributed by atoms with E-state index in [9.17, 15) is 24.3 Å². The van der Waals surface area contributed by atoms with Gasteiger partial charge in [0.2, 0.25) is 17.7 Å². The summed E-state index contributed by atoms with van der Waals surface area (Å²) in [7, 11) is 1.95. The summed E-state index contributed by atoms with van der Waals surface area (Å²) in [5.41, 5.74) is 15.1. The van der Waals surface area contributed by atoms with Crippen molar-refractivity contribution in [3.8, 4) is 27.6 Å². The predicted octanol–water partition coefficient (Wildman–Crippen LogP) is 4.87. The van der Waals surface area contributed by atoms with Crippen LogP contribution in [0.1, 0.15) is 47.4 Å². The van der Waals surface area contributed by atoms with E-state index in [4.69, 9.17) is 24.9 Å². The standard InChI is InChI=1S/C54H61N13O8S/c1-33(2)48(67-28-37-7-5-6-8-41(37)53(67)71)54(72)66-29-40(68)24-44(66)52(70)59-25-36-10-9-35(49-34(3)60-32-76-49)23-45(36)75-22-21-73-19-20-74-31-47(69)57-15-17-64(4)39-13-11-38(12-14-39)61-50-51-58-16-18-65(51)30-43(63-50)42-26-56-27-46(55)62-42/h5-14,16,18,23,26-27,30,32-33,40,44,48,68H,15,17,19-22,24-25,28-29,31H2,1-4H3,(H2,55,62)(H,57,69)(H,59,70)(H,61,63)/t40-,44+,48+/m1/s1. The summed E-state index contributed by atoms with van der Waals surface area (Å²) in [6.07, 6.45) is 7.60. The minimum atomic E-state index is -0.932. The minimum Gasteiger partial charge on any atom is -0.491 e. The van der Waals surface area contributed by atoms with Crippen molar-refractivity contribution in [1.82, 2.24) is 49.8 Å². The highest BCUT2D eigenvalue weighted by Crippen LogP contribution is 2.34. The number of benzene rings is 3. The highest BCUT2D eigenvalue weighted by Gasteiger charge is 2.46. The number of likely N-dealkylation sites (tertiary alicyclic amines) is 1.